The molecule has 2 heterocycles. The second-order valence-corrected chi connectivity index (χ2v) is 4.73. The zero-order chi connectivity index (χ0) is 11.7. The van der Waals surface area contributed by atoms with E-state index in [0.29, 0.717) is 0 Å². The molecule has 1 aliphatic rings. The normalized spacial score (nSPS) is 21.9. The van der Waals surface area contributed by atoms with Gasteiger partial charge in [0.05, 0.1) is 11.8 Å². The van der Waals surface area contributed by atoms with Gasteiger partial charge >= 0.3 is 0 Å². The van der Waals surface area contributed by atoms with E-state index < -0.39 is 0 Å². The van der Waals surface area contributed by atoms with E-state index in [1.807, 2.05) is 7.05 Å². The van der Waals surface area contributed by atoms with E-state index >= 15 is 0 Å². The van der Waals surface area contributed by atoms with Crippen LogP contribution in [0.3, 0.4) is 0 Å². The number of aliphatic hydroxyl groups excluding tert-OH is 1. The molecule has 1 aromatic rings. The second kappa shape index (κ2) is 4.73. The fourth-order valence-corrected chi connectivity index (χ4v) is 2.43. The summed E-state index contributed by atoms with van der Waals surface area (Å²) >= 11 is 6.22. The van der Waals surface area contributed by atoms with Crippen molar-refractivity contribution < 1.29 is 5.11 Å². The van der Waals surface area contributed by atoms with Crippen molar-refractivity contribution in [1.82, 2.24) is 14.7 Å². The van der Waals surface area contributed by atoms with Gasteiger partial charge < -0.3 is 5.11 Å². The molecule has 1 saturated heterocycles. The largest absolute Gasteiger partial charge is 0.392 e. The lowest BCUT2D eigenvalue weighted by atomic mass is 10.2. The maximum Gasteiger partial charge on any atom is 0.131 e. The number of aromatic nitrogens is 2. The van der Waals surface area contributed by atoms with Crippen molar-refractivity contribution in [2.75, 3.05) is 13.1 Å². The monoisotopic (exact) mass is 243 g/mol. The lowest BCUT2D eigenvalue weighted by molar-refractivity contribution is 0.174. The van der Waals surface area contributed by atoms with Crippen LogP contribution in [-0.2, 0) is 20.0 Å². The summed E-state index contributed by atoms with van der Waals surface area (Å²) in [5.74, 6) is 0. The number of rotatable bonds is 3. The Bertz CT molecular complexity index is 378. The third kappa shape index (κ3) is 2.24. The molecule has 90 valence electrons. The summed E-state index contributed by atoms with van der Waals surface area (Å²) in [5, 5.41) is 14.6. The molecule has 0 amide bonds. The lowest BCUT2D eigenvalue weighted by Gasteiger charge is -2.14. The molecule has 0 unspecified atom stereocenters. The Hall–Kier alpha value is -0.580. The molecule has 1 aromatic heterocycles. The van der Waals surface area contributed by atoms with Gasteiger partial charge in [-0.2, -0.15) is 5.10 Å². The standard InChI is InChI=1S/C11H18ClN3O/c1-3-10-9(11(12)14(2)13-10)7-15-5-4-8(16)6-15/h8,16H,3-7H2,1-2H3/t8-/m0/s1. The fourth-order valence-electron chi connectivity index (χ4n) is 2.22. The first kappa shape index (κ1) is 11.9. The molecule has 5 heteroatoms. The van der Waals surface area contributed by atoms with E-state index in [9.17, 15) is 5.11 Å². The minimum atomic E-state index is -0.180. The van der Waals surface area contributed by atoms with E-state index in [4.69, 9.17) is 11.6 Å². The predicted octanol–water partition coefficient (Wildman–Crippen LogP) is 1.20. The summed E-state index contributed by atoms with van der Waals surface area (Å²) in [5.41, 5.74) is 2.18. The summed E-state index contributed by atoms with van der Waals surface area (Å²) in [6.45, 7) is 4.57. The minimum absolute atomic E-state index is 0.180. The van der Waals surface area contributed by atoms with Crippen molar-refractivity contribution in [3.05, 3.63) is 16.4 Å². The van der Waals surface area contributed by atoms with Gasteiger partial charge in [-0.05, 0) is 12.8 Å². The van der Waals surface area contributed by atoms with Gasteiger partial charge in [-0.1, -0.05) is 18.5 Å². The number of halogens is 1. The first-order valence-corrected chi connectivity index (χ1v) is 6.10. The van der Waals surface area contributed by atoms with Gasteiger partial charge in [0.15, 0.2) is 0 Å². The quantitative estimate of drug-likeness (QED) is 0.868. The number of likely N-dealkylation sites (tertiary alicyclic amines) is 1. The van der Waals surface area contributed by atoms with Crippen molar-refractivity contribution in [2.24, 2.45) is 7.05 Å². The van der Waals surface area contributed by atoms with Crippen LogP contribution >= 0.6 is 11.6 Å². The highest BCUT2D eigenvalue weighted by atomic mass is 35.5. The molecule has 1 aliphatic heterocycles. The zero-order valence-electron chi connectivity index (χ0n) is 9.78. The number of aliphatic hydroxyl groups is 1. The second-order valence-electron chi connectivity index (χ2n) is 4.37. The first-order chi connectivity index (χ1) is 7.61. The number of hydrogen-bond donors (Lipinski definition) is 1. The third-order valence-electron chi connectivity index (χ3n) is 3.12. The molecular formula is C11H18ClN3O. The Kier molecular flexibility index (Phi) is 3.52. The number of nitrogens with zero attached hydrogens (tertiary/aromatic N) is 3. The molecule has 2 rings (SSSR count). The minimum Gasteiger partial charge on any atom is -0.392 e. The topological polar surface area (TPSA) is 41.3 Å². The highest BCUT2D eigenvalue weighted by molar-refractivity contribution is 6.30. The molecule has 0 saturated carbocycles. The van der Waals surface area contributed by atoms with Crippen molar-refractivity contribution in [3.8, 4) is 0 Å². The predicted molar refractivity (Wildman–Crippen MR) is 63.5 cm³/mol. The maximum atomic E-state index is 9.48. The van der Waals surface area contributed by atoms with Crippen molar-refractivity contribution >= 4 is 11.6 Å². The summed E-state index contributed by atoms with van der Waals surface area (Å²) in [7, 11) is 1.86. The number of hydrogen-bond acceptors (Lipinski definition) is 3. The Balaban J connectivity index is 2.14. The maximum absolute atomic E-state index is 9.48. The van der Waals surface area contributed by atoms with Crippen LogP contribution in [-0.4, -0.2) is 39.0 Å². The fraction of sp³-hybridized carbons (Fsp3) is 0.727. The first-order valence-electron chi connectivity index (χ1n) is 5.72. The molecule has 0 bridgehead atoms. The summed E-state index contributed by atoms with van der Waals surface area (Å²) in [6.07, 6.45) is 1.58. The molecule has 0 aliphatic carbocycles. The highest BCUT2D eigenvalue weighted by Crippen LogP contribution is 2.23. The van der Waals surface area contributed by atoms with Gasteiger partial charge in [-0.25, -0.2) is 0 Å². The van der Waals surface area contributed by atoms with E-state index in [1.54, 1.807) is 4.68 Å². The Morgan fingerprint density at radius 3 is 2.88 bits per heavy atom. The van der Waals surface area contributed by atoms with Crippen LogP contribution in [0.2, 0.25) is 5.15 Å². The molecule has 0 spiro atoms. The Morgan fingerprint density at radius 1 is 1.56 bits per heavy atom. The van der Waals surface area contributed by atoms with Crippen LogP contribution in [0.1, 0.15) is 24.6 Å². The molecule has 1 atom stereocenters. The van der Waals surface area contributed by atoms with E-state index in [-0.39, 0.29) is 6.10 Å². The van der Waals surface area contributed by atoms with Crippen molar-refractivity contribution in [1.29, 1.82) is 0 Å². The lowest BCUT2D eigenvalue weighted by Crippen LogP contribution is -2.22. The van der Waals surface area contributed by atoms with Gasteiger partial charge in [0.25, 0.3) is 0 Å². The van der Waals surface area contributed by atoms with Crippen molar-refractivity contribution in [2.45, 2.75) is 32.4 Å². The Labute approximate surface area is 101 Å². The average Bonchev–Trinajstić information content (AvgIpc) is 2.77. The van der Waals surface area contributed by atoms with Gasteiger partial charge in [0, 0.05) is 32.2 Å². The van der Waals surface area contributed by atoms with E-state index in [0.717, 1.165) is 48.9 Å². The Morgan fingerprint density at radius 2 is 2.31 bits per heavy atom. The molecule has 1 fully saturated rings. The van der Waals surface area contributed by atoms with Crippen LogP contribution < -0.4 is 0 Å². The number of aryl methyl sites for hydroxylation is 2. The van der Waals surface area contributed by atoms with Crippen LogP contribution in [0.25, 0.3) is 0 Å². The zero-order valence-corrected chi connectivity index (χ0v) is 10.5. The smallest absolute Gasteiger partial charge is 0.131 e. The molecule has 4 nitrogen and oxygen atoms in total. The molecule has 1 N–H and O–H groups in total. The van der Waals surface area contributed by atoms with Crippen LogP contribution in [0.15, 0.2) is 0 Å². The average molecular weight is 244 g/mol. The van der Waals surface area contributed by atoms with Gasteiger partial charge in [0.1, 0.15) is 5.15 Å². The summed E-state index contributed by atoms with van der Waals surface area (Å²) < 4.78 is 1.72. The van der Waals surface area contributed by atoms with Crippen molar-refractivity contribution in [3.63, 3.8) is 0 Å². The number of β-amino-alcohol motifs (C(OH)–C–C–N with tert-alkyl or cyclic N) is 1. The van der Waals surface area contributed by atoms with Gasteiger partial charge in [0.2, 0.25) is 0 Å². The van der Waals surface area contributed by atoms with Gasteiger partial charge in [-0.3, -0.25) is 9.58 Å². The SMILES string of the molecule is CCc1nn(C)c(Cl)c1CN1CC[C@H](O)C1. The molecule has 0 radical (unpaired) electrons. The van der Waals surface area contributed by atoms with Crippen LogP contribution in [0.4, 0.5) is 0 Å². The highest BCUT2D eigenvalue weighted by Gasteiger charge is 2.23. The third-order valence-corrected chi connectivity index (χ3v) is 3.59. The van der Waals surface area contributed by atoms with Crippen LogP contribution in [0.5, 0.6) is 0 Å². The molecule has 16 heavy (non-hydrogen) atoms. The van der Waals surface area contributed by atoms with Crippen LogP contribution in [0, 0.1) is 0 Å². The van der Waals surface area contributed by atoms with E-state index in [1.165, 1.54) is 0 Å². The van der Waals surface area contributed by atoms with Gasteiger partial charge in [-0.15, -0.1) is 0 Å². The molecule has 0 aromatic carbocycles. The van der Waals surface area contributed by atoms with E-state index in [2.05, 4.69) is 16.9 Å². The summed E-state index contributed by atoms with van der Waals surface area (Å²) in [4.78, 5) is 2.23. The summed E-state index contributed by atoms with van der Waals surface area (Å²) in [6, 6.07) is 0. The molecular weight excluding hydrogens is 226 g/mol.